The van der Waals surface area contributed by atoms with Crippen LogP contribution in [0.1, 0.15) is 59.3 Å². The molecular weight excluding hydrogens is 188 g/mol. The van der Waals surface area contributed by atoms with Gasteiger partial charge in [0.15, 0.2) is 0 Å². The predicted octanol–water partition coefficient (Wildman–Crippen LogP) is 3.85. The molecule has 0 spiro atoms. The summed E-state index contributed by atoms with van der Waals surface area (Å²) in [6, 6.07) is 0. The second-order valence-corrected chi connectivity index (χ2v) is 4.02. The average molecular weight is 212 g/mol. The Labute approximate surface area is 93.7 Å². The molecule has 0 amide bonds. The van der Waals surface area contributed by atoms with E-state index in [4.69, 9.17) is 4.74 Å². The van der Waals surface area contributed by atoms with Crippen LogP contribution in [0.2, 0.25) is 0 Å². The Bertz CT molecular complexity index is 197. The predicted molar refractivity (Wildman–Crippen MR) is 63.7 cm³/mol. The van der Waals surface area contributed by atoms with Crippen molar-refractivity contribution in [3.63, 3.8) is 0 Å². The van der Waals surface area contributed by atoms with Gasteiger partial charge in [0.1, 0.15) is 0 Å². The van der Waals surface area contributed by atoms with Crippen molar-refractivity contribution in [2.75, 3.05) is 0 Å². The van der Waals surface area contributed by atoms with Crippen LogP contribution in [-0.2, 0) is 9.53 Å². The van der Waals surface area contributed by atoms with Crippen LogP contribution >= 0.6 is 0 Å². The first-order chi connectivity index (χ1) is 7.11. The fourth-order valence-corrected chi connectivity index (χ4v) is 1.33. The molecule has 1 unspecified atom stereocenters. The minimum Gasteiger partial charge on any atom is -0.459 e. The van der Waals surface area contributed by atoms with Crippen LogP contribution in [0.3, 0.4) is 0 Å². The molecule has 0 aromatic heterocycles. The summed E-state index contributed by atoms with van der Waals surface area (Å²) in [4.78, 5) is 11.4. The molecule has 0 rings (SSSR count). The summed E-state index contributed by atoms with van der Waals surface area (Å²) in [5, 5.41) is 0. The minimum atomic E-state index is -0.236. The Morgan fingerprint density at radius 1 is 1.27 bits per heavy atom. The number of rotatable bonds is 8. The number of ether oxygens (including phenoxy) is 1. The molecule has 0 saturated carbocycles. The average Bonchev–Trinajstić information content (AvgIpc) is 2.23. The van der Waals surface area contributed by atoms with Crippen molar-refractivity contribution in [1.82, 2.24) is 0 Å². The van der Waals surface area contributed by atoms with Crippen molar-refractivity contribution in [1.29, 1.82) is 0 Å². The third-order valence-electron chi connectivity index (χ3n) is 2.49. The monoisotopic (exact) mass is 212 g/mol. The number of esters is 1. The van der Waals surface area contributed by atoms with Crippen LogP contribution in [0.5, 0.6) is 0 Å². The molecule has 2 nitrogen and oxygen atoms in total. The third kappa shape index (κ3) is 7.18. The fraction of sp³-hybridized carbons (Fsp3) is 0.769. The van der Waals surface area contributed by atoms with Crippen LogP contribution < -0.4 is 0 Å². The highest BCUT2D eigenvalue weighted by Gasteiger charge is 2.10. The lowest BCUT2D eigenvalue weighted by Crippen LogP contribution is -2.15. The van der Waals surface area contributed by atoms with Gasteiger partial charge in [-0.15, -0.1) is 0 Å². The van der Waals surface area contributed by atoms with Crippen molar-refractivity contribution in [2.24, 2.45) is 0 Å². The van der Waals surface area contributed by atoms with Crippen LogP contribution in [0.15, 0.2) is 12.2 Å². The summed E-state index contributed by atoms with van der Waals surface area (Å²) in [7, 11) is 0. The molecule has 0 aliphatic heterocycles. The second kappa shape index (κ2) is 8.51. The fourth-order valence-electron chi connectivity index (χ4n) is 1.33. The summed E-state index contributed by atoms with van der Waals surface area (Å²) in [6.07, 6.45) is 6.53. The van der Waals surface area contributed by atoms with E-state index in [-0.39, 0.29) is 12.1 Å². The van der Waals surface area contributed by atoms with Crippen LogP contribution in [0.25, 0.3) is 0 Å². The Hall–Kier alpha value is -0.790. The topological polar surface area (TPSA) is 26.3 Å². The maximum absolute atomic E-state index is 11.4. The zero-order valence-corrected chi connectivity index (χ0v) is 10.3. The van der Waals surface area contributed by atoms with Gasteiger partial charge in [0.05, 0.1) is 6.10 Å². The van der Waals surface area contributed by atoms with Crippen LogP contribution in [0, 0.1) is 0 Å². The van der Waals surface area contributed by atoms with Crippen molar-refractivity contribution in [2.45, 2.75) is 65.4 Å². The molecule has 0 N–H and O–H groups in total. The van der Waals surface area contributed by atoms with Gasteiger partial charge in [-0.05, 0) is 26.2 Å². The van der Waals surface area contributed by atoms with Gasteiger partial charge in [-0.2, -0.15) is 0 Å². The smallest absolute Gasteiger partial charge is 0.333 e. The Kier molecular flexibility index (Phi) is 8.06. The van der Waals surface area contributed by atoms with Crippen molar-refractivity contribution < 1.29 is 9.53 Å². The quantitative estimate of drug-likeness (QED) is 0.347. The molecule has 0 aliphatic rings. The van der Waals surface area contributed by atoms with E-state index in [1.165, 1.54) is 19.3 Å². The molecule has 1 atom stereocenters. The van der Waals surface area contributed by atoms with Crippen molar-refractivity contribution in [3.05, 3.63) is 12.2 Å². The van der Waals surface area contributed by atoms with Gasteiger partial charge in [0, 0.05) is 5.57 Å². The molecule has 0 aromatic rings. The van der Waals surface area contributed by atoms with E-state index < -0.39 is 0 Å². The molecule has 88 valence electrons. The van der Waals surface area contributed by atoms with Gasteiger partial charge in [-0.25, -0.2) is 4.79 Å². The maximum Gasteiger partial charge on any atom is 0.333 e. The molecule has 0 radical (unpaired) electrons. The summed E-state index contributed by atoms with van der Waals surface area (Å²) < 4.78 is 5.24. The molecule has 0 heterocycles. The molecule has 0 fully saturated rings. The van der Waals surface area contributed by atoms with Gasteiger partial charge in [-0.1, -0.05) is 39.7 Å². The SMILES string of the molecule is C=C(CC)C(=O)OC(C)CCCCCC. The molecule has 0 aromatic carbocycles. The Morgan fingerprint density at radius 2 is 1.93 bits per heavy atom. The molecular formula is C13H24O2. The number of hydrogen-bond donors (Lipinski definition) is 0. The van der Waals surface area contributed by atoms with Crippen molar-refractivity contribution in [3.8, 4) is 0 Å². The van der Waals surface area contributed by atoms with Crippen molar-refractivity contribution >= 4 is 5.97 Å². The number of unbranched alkanes of at least 4 members (excludes halogenated alkanes) is 3. The lowest BCUT2D eigenvalue weighted by molar-refractivity contribution is -0.143. The van der Waals surface area contributed by atoms with Gasteiger partial charge >= 0.3 is 5.97 Å². The lowest BCUT2D eigenvalue weighted by atomic mass is 10.1. The van der Waals surface area contributed by atoms with E-state index >= 15 is 0 Å². The lowest BCUT2D eigenvalue weighted by Gasteiger charge is -2.13. The molecule has 0 saturated heterocycles. The maximum atomic E-state index is 11.4. The Morgan fingerprint density at radius 3 is 2.47 bits per heavy atom. The van der Waals surface area contributed by atoms with E-state index in [1.54, 1.807) is 0 Å². The van der Waals surface area contributed by atoms with Gasteiger partial charge in [0.2, 0.25) is 0 Å². The summed E-state index contributed by atoms with van der Waals surface area (Å²) in [5.41, 5.74) is 0.565. The molecule has 15 heavy (non-hydrogen) atoms. The van der Waals surface area contributed by atoms with E-state index in [1.807, 2.05) is 13.8 Å². The molecule has 2 heteroatoms. The first-order valence-electron chi connectivity index (χ1n) is 6.00. The normalized spacial score (nSPS) is 12.2. The van der Waals surface area contributed by atoms with E-state index in [2.05, 4.69) is 13.5 Å². The summed E-state index contributed by atoms with van der Waals surface area (Å²) in [5.74, 6) is -0.236. The first-order valence-corrected chi connectivity index (χ1v) is 6.00. The largest absolute Gasteiger partial charge is 0.459 e. The van der Waals surface area contributed by atoms with Crippen LogP contribution in [0.4, 0.5) is 0 Å². The number of hydrogen-bond acceptors (Lipinski definition) is 2. The number of carbonyl (C=O) groups is 1. The van der Waals surface area contributed by atoms with E-state index in [9.17, 15) is 4.79 Å². The van der Waals surface area contributed by atoms with Gasteiger partial charge in [0.25, 0.3) is 0 Å². The van der Waals surface area contributed by atoms with Gasteiger partial charge in [-0.3, -0.25) is 0 Å². The molecule has 0 aliphatic carbocycles. The first kappa shape index (κ1) is 14.2. The Balaban J connectivity index is 3.60. The standard InChI is InChI=1S/C13H24O2/c1-5-7-8-9-10-12(4)15-13(14)11(3)6-2/h12H,3,5-10H2,1-2,4H3. The highest BCUT2D eigenvalue weighted by atomic mass is 16.5. The van der Waals surface area contributed by atoms with Gasteiger partial charge < -0.3 is 4.74 Å². The summed E-state index contributed by atoms with van der Waals surface area (Å²) in [6.45, 7) is 9.71. The summed E-state index contributed by atoms with van der Waals surface area (Å²) >= 11 is 0. The highest BCUT2D eigenvalue weighted by Crippen LogP contribution is 2.10. The zero-order valence-electron chi connectivity index (χ0n) is 10.3. The van der Waals surface area contributed by atoms with Crippen LogP contribution in [-0.4, -0.2) is 12.1 Å². The van der Waals surface area contributed by atoms with E-state index in [0.29, 0.717) is 12.0 Å². The molecule has 0 bridgehead atoms. The van der Waals surface area contributed by atoms with E-state index in [0.717, 1.165) is 12.8 Å². The highest BCUT2D eigenvalue weighted by molar-refractivity contribution is 5.87. The third-order valence-corrected chi connectivity index (χ3v) is 2.49. The second-order valence-electron chi connectivity index (χ2n) is 4.02. The number of carbonyl (C=O) groups excluding carboxylic acids is 1. The zero-order chi connectivity index (χ0) is 11.7. The minimum absolute atomic E-state index is 0.0256.